The molecule has 2 aromatic carbocycles. The number of hydrogen-bond acceptors (Lipinski definition) is 7. The summed E-state index contributed by atoms with van der Waals surface area (Å²) in [5.41, 5.74) is 11.9. The lowest BCUT2D eigenvalue weighted by atomic mass is 9.95. The molecule has 4 N–H and O–H groups in total. The third-order valence-electron chi connectivity index (χ3n) is 5.76. The van der Waals surface area contributed by atoms with Crippen LogP contribution in [0.2, 0.25) is 0 Å². The van der Waals surface area contributed by atoms with Crippen LogP contribution in [-0.2, 0) is 24.2 Å². The Morgan fingerprint density at radius 3 is 2.84 bits per heavy atom. The maximum Gasteiger partial charge on any atom is 0.338 e. The van der Waals surface area contributed by atoms with Crippen LogP contribution < -0.4 is 11.1 Å². The molecule has 0 atom stereocenters. The third-order valence-corrected chi connectivity index (χ3v) is 5.76. The van der Waals surface area contributed by atoms with Crippen LogP contribution in [0.5, 0.6) is 0 Å². The number of carbonyl (C=O) groups is 1. The molecule has 0 fully saturated rings. The lowest BCUT2D eigenvalue weighted by Gasteiger charge is -2.11. The Kier molecular flexibility index (Phi) is 5.18. The van der Waals surface area contributed by atoms with Gasteiger partial charge in [-0.2, -0.15) is 15.0 Å². The van der Waals surface area contributed by atoms with E-state index in [0.717, 1.165) is 35.0 Å². The zero-order chi connectivity index (χ0) is 22.1. The summed E-state index contributed by atoms with van der Waals surface area (Å²) >= 11 is 0. The molecule has 0 radical (unpaired) electrons. The average Bonchev–Trinajstić information content (AvgIpc) is 3.17. The summed E-state index contributed by atoms with van der Waals surface area (Å²) in [5, 5.41) is 4.23. The standard InChI is InChI=1S/C24H24N6O2/c1-14-6-2-4-8-18(14)27-24-29-21(28-23(25)30-24)13-32-22(31)15-10-11-20-17(12-15)16-7-3-5-9-19(16)26-20/h2,4,6,8,10-12,26H,3,5,7,9,13H2,1H3,(H3,25,27,28,29,30). The van der Waals surface area contributed by atoms with E-state index in [1.165, 1.54) is 24.1 Å². The molecule has 0 saturated heterocycles. The van der Waals surface area contributed by atoms with Crippen molar-refractivity contribution in [3.8, 4) is 0 Å². The topological polar surface area (TPSA) is 119 Å². The van der Waals surface area contributed by atoms with E-state index in [0.29, 0.717) is 11.5 Å². The van der Waals surface area contributed by atoms with E-state index in [1.807, 2.05) is 43.3 Å². The molecule has 32 heavy (non-hydrogen) atoms. The van der Waals surface area contributed by atoms with Crippen molar-refractivity contribution in [1.82, 2.24) is 19.9 Å². The molecule has 162 valence electrons. The minimum absolute atomic E-state index is 0.0579. The fourth-order valence-electron chi connectivity index (χ4n) is 4.14. The van der Waals surface area contributed by atoms with Crippen LogP contribution in [0.3, 0.4) is 0 Å². The van der Waals surface area contributed by atoms with Gasteiger partial charge in [0.15, 0.2) is 12.4 Å². The van der Waals surface area contributed by atoms with Crippen LogP contribution in [-0.4, -0.2) is 25.9 Å². The number of aromatic amines is 1. The number of aromatic nitrogens is 4. The Hall–Kier alpha value is -3.94. The maximum absolute atomic E-state index is 12.7. The van der Waals surface area contributed by atoms with Crippen molar-refractivity contribution in [2.75, 3.05) is 11.1 Å². The molecule has 0 unspecified atom stereocenters. The van der Waals surface area contributed by atoms with Gasteiger partial charge >= 0.3 is 5.97 Å². The number of hydrogen-bond donors (Lipinski definition) is 3. The molecule has 5 rings (SSSR count). The van der Waals surface area contributed by atoms with Crippen LogP contribution >= 0.6 is 0 Å². The van der Waals surface area contributed by atoms with Crippen LogP contribution in [0.4, 0.5) is 17.6 Å². The zero-order valence-corrected chi connectivity index (χ0v) is 17.8. The Balaban J connectivity index is 1.31. The number of carbonyl (C=O) groups excluding carboxylic acids is 1. The first-order valence-corrected chi connectivity index (χ1v) is 10.7. The van der Waals surface area contributed by atoms with Crippen molar-refractivity contribution in [2.24, 2.45) is 0 Å². The summed E-state index contributed by atoms with van der Waals surface area (Å²) in [5.74, 6) is 0.216. The Morgan fingerprint density at radius 1 is 1.12 bits per heavy atom. The van der Waals surface area contributed by atoms with Crippen molar-refractivity contribution in [1.29, 1.82) is 0 Å². The number of ether oxygens (including phenoxy) is 1. The number of aryl methyl sites for hydroxylation is 3. The van der Waals surface area contributed by atoms with Crippen molar-refractivity contribution in [3.63, 3.8) is 0 Å². The van der Waals surface area contributed by atoms with Crippen molar-refractivity contribution >= 4 is 34.5 Å². The van der Waals surface area contributed by atoms with Gasteiger partial charge in [0, 0.05) is 22.3 Å². The Labute approximate surface area is 185 Å². The number of esters is 1. The highest BCUT2D eigenvalue weighted by atomic mass is 16.5. The van der Waals surface area contributed by atoms with Gasteiger partial charge in [-0.25, -0.2) is 4.79 Å². The smallest absolute Gasteiger partial charge is 0.338 e. The molecule has 1 aliphatic rings. The van der Waals surface area contributed by atoms with E-state index in [4.69, 9.17) is 10.5 Å². The van der Waals surface area contributed by atoms with Crippen LogP contribution in [0.25, 0.3) is 10.9 Å². The Morgan fingerprint density at radius 2 is 1.97 bits per heavy atom. The fraction of sp³-hybridized carbons (Fsp3) is 0.250. The summed E-state index contributed by atoms with van der Waals surface area (Å²) in [6.07, 6.45) is 4.47. The number of benzene rings is 2. The maximum atomic E-state index is 12.7. The molecule has 0 aliphatic heterocycles. The highest BCUT2D eigenvalue weighted by Gasteiger charge is 2.18. The second kappa shape index (κ2) is 8.30. The van der Waals surface area contributed by atoms with Crippen LogP contribution in [0.1, 0.15) is 45.8 Å². The van der Waals surface area contributed by atoms with Gasteiger partial charge in [-0.05, 0) is 68.0 Å². The lowest BCUT2D eigenvalue weighted by molar-refractivity contribution is 0.0462. The fourth-order valence-corrected chi connectivity index (χ4v) is 4.14. The number of para-hydroxylation sites is 1. The summed E-state index contributed by atoms with van der Waals surface area (Å²) < 4.78 is 5.48. The van der Waals surface area contributed by atoms with E-state index in [2.05, 4.69) is 25.3 Å². The minimum Gasteiger partial charge on any atom is -0.454 e. The quantitative estimate of drug-likeness (QED) is 0.407. The van der Waals surface area contributed by atoms with Gasteiger partial charge in [0.1, 0.15) is 0 Å². The highest BCUT2D eigenvalue weighted by molar-refractivity contribution is 5.96. The minimum atomic E-state index is -0.426. The average molecular weight is 428 g/mol. The number of H-pyrrole nitrogens is 1. The predicted molar refractivity (Wildman–Crippen MR) is 123 cm³/mol. The first-order valence-electron chi connectivity index (χ1n) is 10.7. The van der Waals surface area contributed by atoms with E-state index in [1.54, 1.807) is 6.07 Å². The monoisotopic (exact) mass is 428 g/mol. The molecule has 0 spiro atoms. The normalized spacial score (nSPS) is 13.0. The lowest BCUT2D eigenvalue weighted by Crippen LogP contribution is -2.11. The number of anilines is 3. The third kappa shape index (κ3) is 3.99. The van der Waals surface area contributed by atoms with E-state index in [9.17, 15) is 4.79 Å². The molecule has 2 heterocycles. The molecular weight excluding hydrogens is 404 g/mol. The van der Waals surface area contributed by atoms with Gasteiger partial charge in [0.25, 0.3) is 0 Å². The molecule has 2 aromatic heterocycles. The van der Waals surface area contributed by atoms with E-state index >= 15 is 0 Å². The van der Waals surface area contributed by atoms with Gasteiger partial charge in [0.2, 0.25) is 11.9 Å². The predicted octanol–water partition coefficient (Wildman–Crippen LogP) is 4.22. The van der Waals surface area contributed by atoms with Gasteiger partial charge in [-0.1, -0.05) is 18.2 Å². The summed E-state index contributed by atoms with van der Waals surface area (Å²) in [6, 6.07) is 13.4. The van der Waals surface area contributed by atoms with Gasteiger partial charge in [0.05, 0.1) is 5.56 Å². The van der Waals surface area contributed by atoms with E-state index < -0.39 is 5.97 Å². The SMILES string of the molecule is Cc1ccccc1Nc1nc(N)nc(COC(=O)c2ccc3[nH]c4c(c3c2)CCCC4)n1. The number of nitrogen functional groups attached to an aromatic ring is 1. The van der Waals surface area contributed by atoms with E-state index in [-0.39, 0.29) is 18.4 Å². The van der Waals surface area contributed by atoms with Crippen molar-refractivity contribution in [2.45, 2.75) is 39.2 Å². The number of nitrogens with two attached hydrogens (primary N) is 1. The van der Waals surface area contributed by atoms with Crippen LogP contribution in [0.15, 0.2) is 42.5 Å². The second-order valence-electron chi connectivity index (χ2n) is 8.00. The zero-order valence-electron chi connectivity index (χ0n) is 17.8. The van der Waals surface area contributed by atoms with Crippen LogP contribution in [0, 0.1) is 6.92 Å². The first kappa shape index (κ1) is 20.0. The molecule has 0 bridgehead atoms. The summed E-state index contributed by atoms with van der Waals surface area (Å²) in [6.45, 7) is 1.88. The molecule has 4 aromatic rings. The molecule has 0 amide bonds. The van der Waals surface area contributed by atoms with Crippen molar-refractivity contribution in [3.05, 3.63) is 70.7 Å². The van der Waals surface area contributed by atoms with Crippen molar-refractivity contribution < 1.29 is 9.53 Å². The van der Waals surface area contributed by atoms with Gasteiger partial charge in [-0.3, -0.25) is 0 Å². The first-order chi connectivity index (χ1) is 15.6. The van der Waals surface area contributed by atoms with Gasteiger partial charge in [-0.15, -0.1) is 0 Å². The molecule has 0 saturated carbocycles. The van der Waals surface area contributed by atoms with Gasteiger partial charge < -0.3 is 20.8 Å². The number of fused-ring (bicyclic) bond motifs is 3. The highest BCUT2D eigenvalue weighted by Crippen LogP contribution is 2.30. The molecule has 8 nitrogen and oxygen atoms in total. The molecular formula is C24H24N6O2. The largest absolute Gasteiger partial charge is 0.454 e. The Bertz CT molecular complexity index is 1310. The summed E-state index contributed by atoms with van der Waals surface area (Å²) in [4.78, 5) is 28.7. The number of nitrogens with zero attached hydrogens (tertiary/aromatic N) is 3. The second-order valence-corrected chi connectivity index (χ2v) is 8.00. The summed E-state index contributed by atoms with van der Waals surface area (Å²) in [7, 11) is 0. The molecule has 8 heteroatoms. The number of rotatable bonds is 5. The molecule has 1 aliphatic carbocycles. The number of nitrogens with one attached hydrogen (secondary N) is 2.